The summed E-state index contributed by atoms with van der Waals surface area (Å²) in [4.78, 5) is 52.6. The standard InChI is InChI=1S/C28H26N4O5S2/c1-3-23(26(35)31-27-22(14-29)19-11-12-32(16(2)33)15-24(19)39-27)38-18-8-6-7-17(13-18)30-25(34)20-9-4-5-10-21(20)28(36)37/h4-10,13,23H,3,11-12,15H2,1-2H3,(H,30,34)(H,31,35)(H,36,37). The van der Waals surface area contributed by atoms with E-state index in [0.717, 1.165) is 15.3 Å². The Balaban J connectivity index is 1.46. The summed E-state index contributed by atoms with van der Waals surface area (Å²) in [6.07, 6.45) is 1.09. The summed E-state index contributed by atoms with van der Waals surface area (Å²) in [6, 6.07) is 15.2. The van der Waals surface area contributed by atoms with Crippen LogP contribution in [0.4, 0.5) is 10.7 Å². The molecule has 3 N–H and O–H groups in total. The Bertz CT molecular complexity index is 1490. The molecule has 4 rings (SSSR count). The number of rotatable bonds is 8. The lowest BCUT2D eigenvalue weighted by molar-refractivity contribution is -0.129. The summed E-state index contributed by atoms with van der Waals surface area (Å²) < 4.78 is 0. The van der Waals surface area contributed by atoms with Crippen LogP contribution in [0.15, 0.2) is 53.4 Å². The second-order valence-corrected chi connectivity index (χ2v) is 11.2. The summed E-state index contributed by atoms with van der Waals surface area (Å²) >= 11 is 2.66. The topological polar surface area (TPSA) is 140 Å². The Kier molecular flexibility index (Phi) is 8.69. The average Bonchev–Trinajstić information content (AvgIpc) is 3.27. The minimum Gasteiger partial charge on any atom is -0.478 e. The number of amides is 3. The summed E-state index contributed by atoms with van der Waals surface area (Å²) in [7, 11) is 0. The lowest BCUT2D eigenvalue weighted by Gasteiger charge is -2.25. The van der Waals surface area contributed by atoms with Crippen molar-refractivity contribution in [2.75, 3.05) is 17.2 Å². The van der Waals surface area contributed by atoms with Gasteiger partial charge in [-0.3, -0.25) is 14.4 Å². The number of carboxylic acid groups (broad SMARTS) is 1. The zero-order valence-corrected chi connectivity index (χ0v) is 22.9. The molecule has 1 aliphatic rings. The number of carboxylic acids is 1. The van der Waals surface area contributed by atoms with Crippen LogP contribution in [0.1, 0.15) is 57.0 Å². The van der Waals surface area contributed by atoms with E-state index < -0.39 is 17.1 Å². The smallest absolute Gasteiger partial charge is 0.336 e. The molecule has 0 spiro atoms. The monoisotopic (exact) mass is 562 g/mol. The van der Waals surface area contributed by atoms with Crippen LogP contribution in [0, 0.1) is 11.3 Å². The predicted octanol–water partition coefficient (Wildman–Crippen LogP) is 4.98. The number of carbonyl (C=O) groups is 4. The third-order valence-electron chi connectivity index (χ3n) is 6.29. The van der Waals surface area contributed by atoms with Crippen LogP contribution in [-0.2, 0) is 22.6 Å². The highest BCUT2D eigenvalue weighted by Crippen LogP contribution is 2.37. The van der Waals surface area contributed by atoms with Crippen molar-refractivity contribution in [1.82, 2.24) is 4.90 Å². The molecule has 3 aromatic rings. The second-order valence-electron chi connectivity index (χ2n) is 8.85. The zero-order chi connectivity index (χ0) is 28.1. The first-order valence-corrected chi connectivity index (χ1v) is 13.9. The van der Waals surface area contributed by atoms with E-state index in [-0.39, 0.29) is 22.9 Å². The number of hydrogen-bond acceptors (Lipinski definition) is 7. The molecule has 1 atom stereocenters. The fourth-order valence-corrected chi connectivity index (χ4v) is 6.50. The summed E-state index contributed by atoms with van der Waals surface area (Å²) in [5.41, 5.74) is 1.77. The molecule has 1 aromatic heterocycles. The minimum absolute atomic E-state index is 0.0231. The van der Waals surface area contributed by atoms with Crippen molar-refractivity contribution in [1.29, 1.82) is 5.26 Å². The second kappa shape index (κ2) is 12.1. The van der Waals surface area contributed by atoms with Crippen molar-refractivity contribution < 1.29 is 24.3 Å². The van der Waals surface area contributed by atoms with Gasteiger partial charge in [0.1, 0.15) is 11.1 Å². The fraction of sp³-hybridized carbons (Fsp3) is 0.250. The van der Waals surface area contributed by atoms with Gasteiger partial charge in [-0.2, -0.15) is 5.26 Å². The van der Waals surface area contributed by atoms with Gasteiger partial charge in [-0.05, 0) is 48.7 Å². The molecule has 2 heterocycles. The number of nitriles is 1. The highest BCUT2D eigenvalue weighted by Gasteiger charge is 2.28. The van der Waals surface area contributed by atoms with Gasteiger partial charge in [0, 0.05) is 28.9 Å². The highest BCUT2D eigenvalue weighted by molar-refractivity contribution is 8.00. The maximum absolute atomic E-state index is 13.2. The molecule has 0 saturated carbocycles. The van der Waals surface area contributed by atoms with Crippen LogP contribution in [0.5, 0.6) is 0 Å². The van der Waals surface area contributed by atoms with Crippen molar-refractivity contribution in [3.8, 4) is 6.07 Å². The third-order valence-corrected chi connectivity index (χ3v) is 8.78. The molecule has 0 aliphatic carbocycles. The van der Waals surface area contributed by atoms with Crippen LogP contribution in [0.25, 0.3) is 0 Å². The van der Waals surface area contributed by atoms with Gasteiger partial charge < -0.3 is 20.6 Å². The van der Waals surface area contributed by atoms with E-state index in [1.54, 1.807) is 35.2 Å². The number of aromatic carboxylic acids is 1. The maximum atomic E-state index is 13.2. The molecule has 0 radical (unpaired) electrons. The Labute approximate surface area is 233 Å². The quantitative estimate of drug-likeness (QED) is 0.329. The van der Waals surface area contributed by atoms with E-state index in [0.29, 0.717) is 42.2 Å². The number of thioether (sulfide) groups is 1. The van der Waals surface area contributed by atoms with Gasteiger partial charge in [0.25, 0.3) is 5.91 Å². The molecular formula is C28H26N4O5S2. The zero-order valence-electron chi connectivity index (χ0n) is 21.3. The predicted molar refractivity (Wildman–Crippen MR) is 150 cm³/mol. The molecule has 0 fully saturated rings. The fourth-order valence-electron chi connectivity index (χ4n) is 4.27. The number of hydrogen-bond donors (Lipinski definition) is 3. The Morgan fingerprint density at radius 3 is 2.54 bits per heavy atom. The van der Waals surface area contributed by atoms with Gasteiger partial charge in [0.15, 0.2) is 0 Å². The first kappa shape index (κ1) is 27.9. The van der Waals surface area contributed by atoms with Gasteiger partial charge in [0.2, 0.25) is 11.8 Å². The van der Waals surface area contributed by atoms with Crippen molar-refractivity contribution in [2.45, 2.75) is 43.4 Å². The summed E-state index contributed by atoms with van der Waals surface area (Å²) in [6.45, 7) is 4.39. The number of fused-ring (bicyclic) bond motifs is 1. The highest BCUT2D eigenvalue weighted by atomic mass is 32.2. The van der Waals surface area contributed by atoms with Crippen molar-refractivity contribution in [3.05, 3.63) is 75.7 Å². The molecule has 1 unspecified atom stereocenters. The van der Waals surface area contributed by atoms with Gasteiger partial charge in [-0.1, -0.05) is 25.1 Å². The molecular weight excluding hydrogens is 536 g/mol. The van der Waals surface area contributed by atoms with E-state index in [1.165, 1.54) is 42.2 Å². The van der Waals surface area contributed by atoms with E-state index in [1.807, 2.05) is 13.0 Å². The maximum Gasteiger partial charge on any atom is 0.336 e. The van der Waals surface area contributed by atoms with Crippen LogP contribution < -0.4 is 10.6 Å². The molecule has 200 valence electrons. The van der Waals surface area contributed by atoms with Crippen molar-refractivity contribution in [3.63, 3.8) is 0 Å². The summed E-state index contributed by atoms with van der Waals surface area (Å²) in [5.74, 6) is -2.01. The van der Waals surface area contributed by atoms with E-state index in [4.69, 9.17) is 0 Å². The Hall–Kier alpha value is -4.14. The molecule has 0 bridgehead atoms. The molecule has 2 aromatic carbocycles. The van der Waals surface area contributed by atoms with Gasteiger partial charge >= 0.3 is 5.97 Å². The first-order valence-electron chi connectivity index (χ1n) is 12.2. The molecule has 1 aliphatic heterocycles. The molecule has 3 amide bonds. The first-order chi connectivity index (χ1) is 18.7. The number of carbonyl (C=O) groups excluding carboxylic acids is 3. The van der Waals surface area contributed by atoms with Gasteiger partial charge in [-0.25, -0.2) is 4.79 Å². The largest absolute Gasteiger partial charge is 0.478 e. The normalized spacial score (nSPS) is 13.1. The van der Waals surface area contributed by atoms with Gasteiger partial charge in [0.05, 0.1) is 28.5 Å². The minimum atomic E-state index is -1.19. The van der Waals surface area contributed by atoms with Gasteiger partial charge in [-0.15, -0.1) is 23.1 Å². The van der Waals surface area contributed by atoms with Crippen LogP contribution in [0.2, 0.25) is 0 Å². The molecule has 39 heavy (non-hydrogen) atoms. The van der Waals surface area contributed by atoms with Crippen molar-refractivity contribution in [2.24, 2.45) is 0 Å². The van der Waals surface area contributed by atoms with Crippen molar-refractivity contribution >= 4 is 57.5 Å². The lowest BCUT2D eigenvalue weighted by Crippen LogP contribution is -2.33. The molecule has 9 nitrogen and oxygen atoms in total. The van der Waals surface area contributed by atoms with E-state index >= 15 is 0 Å². The summed E-state index contributed by atoms with van der Waals surface area (Å²) in [5, 5.41) is 24.8. The van der Waals surface area contributed by atoms with Crippen LogP contribution >= 0.6 is 23.1 Å². The number of anilines is 2. The third kappa shape index (κ3) is 6.30. The SMILES string of the molecule is CCC(Sc1cccc(NC(=O)c2ccccc2C(=O)O)c1)C(=O)Nc1sc2c(c1C#N)CCN(C(C)=O)C2. The number of thiophene rings is 1. The Morgan fingerprint density at radius 2 is 1.87 bits per heavy atom. The number of nitrogens with zero attached hydrogens (tertiary/aromatic N) is 2. The molecule has 11 heteroatoms. The Morgan fingerprint density at radius 1 is 1.13 bits per heavy atom. The van der Waals surface area contributed by atoms with E-state index in [9.17, 15) is 29.5 Å². The van der Waals surface area contributed by atoms with E-state index in [2.05, 4.69) is 16.7 Å². The average molecular weight is 563 g/mol. The number of nitrogens with one attached hydrogen (secondary N) is 2. The van der Waals surface area contributed by atoms with Crippen LogP contribution in [-0.4, -0.2) is 45.5 Å². The number of benzene rings is 2. The lowest BCUT2D eigenvalue weighted by atomic mass is 10.0. The van der Waals surface area contributed by atoms with Crippen LogP contribution in [0.3, 0.4) is 0 Å². The molecule has 0 saturated heterocycles.